The molecule has 0 N–H and O–H groups in total. The van der Waals surface area contributed by atoms with E-state index in [0.717, 1.165) is 6.42 Å². The largest absolute Gasteiger partial charge is 0.491 e. The van der Waals surface area contributed by atoms with Gasteiger partial charge in [-0.15, -0.1) is 0 Å². The maximum Gasteiger partial charge on any atom is 0.227 e. The lowest BCUT2D eigenvalue weighted by atomic mass is 10.1. The first kappa shape index (κ1) is 11.7. The standard InChI is InChI=1S/C14H16O3/c1-10(2)17-12-6-3-5-11(9-12)14(15)13-7-4-8-16-13/h3,5-7,9-10H,4,8H2,1-2H3. The first-order valence-corrected chi connectivity index (χ1v) is 5.81. The highest BCUT2D eigenvalue weighted by molar-refractivity contribution is 6.07. The van der Waals surface area contributed by atoms with Gasteiger partial charge in [-0.3, -0.25) is 4.79 Å². The Hall–Kier alpha value is -1.77. The van der Waals surface area contributed by atoms with Crippen LogP contribution in [0.3, 0.4) is 0 Å². The molecule has 1 aromatic rings. The average Bonchev–Trinajstić information content (AvgIpc) is 2.81. The van der Waals surface area contributed by atoms with E-state index in [1.54, 1.807) is 12.1 Å². The molecule has 2 rings (SSSR count). The molecule has 0 aliphatic carbocycles. The molecule has 1 aliphatic rings. The Morgan fingerprint density at radius 3 is 2.88 bits per heavy atom. The lowest BCUT2D eigenvalue weighted by Crippen LogP contribution is -2.07. The minimum atomic E-state index is -0.0725. The van der Waals surface area contributed by atoms with Crippen molar-refractivity contribution in [1.29, 1.82) is 0 Å². The van der Waals surface area contributed by atoms with Gasteiger partial charge in [0.15, 0.2) is 5.76 Å². The number of carbonyl (C=O) groups is 1. The quantitative estimate of drug-likeness (QED) is 0.749. The SMILES string of the molecule is CC(C)Oc1cccc(C(=O)C2=CCCO2)c1. The van der Waals surface area contributed by atoms with Crippen molar-refractivity contribution in [3.05, 3.63) is 41.7 Å². The van der Waals surface area contributed by atoms with Crippen molar-refractivity contribution < 1.29 is 14.3 Å². The van der Waals surface area contributed by atoms with Crippen molar-refractivity contribution in [2.45, 2.75) is 26.4 Å². The van der Waals surface area contributed by atoms with Gasteiger partial charge in [0.2, 0.25) is 5.78 Å². The number of carbonyl (C=O) groups excluding carboxylic acids is 1. The van der Waals surface area contributed by atoms with Gasteiger partial charge in [0.05, 0.1) is 12.7 Å². The molecule has 3 nitrogen and oxygen atoms in total. The molecule has 0 saturated carbocycles. The van der Waals surface area contributed by atoms with Crippen LogP contribution in [0.5, 0.6) is 5.75 Å². The Balaban J connectivity index is 2.18. The van der Waals surface area contributed by atoms with Crippen molar-refractivity contribution in [2.24, 2.45) is 0 Å². The molecule has 0 bridgehead atoms. The van der Waals surface area contributed by atoms with E-state index in [1.807, 2.05) is 32.1 Å². The summed E-state index contributed by atoms with van der Waals surface area (Å²) in [4.78, 5) is 12.0. The summed E-state index contributed by atoms with van der Waals surface area (Å²) in [6.45, 7) is 4.51. The highest BCUT2D eigenvalue weighted by atomic mass is 16.5. The normalized spacial score (nSPS) is 14.4. The van der Waals surface area contributed by atoms with E-state index < -0.39 is 0 Å². The highest BCUT2D eigenvalue weighted by Crippen LogP contribution is 2.20. The summed E-state index contributed by atoms with van der Waals surface area (Å²) in [5.74, 6) is 1.09. The Morgan fingerprint density at radius 1 is 1.41 bits per heavy atom. The summed E-state index contributed by atoms with van der Waals surface area (Å²) in [6, 6.07) is 7.20. The van der Waals surface area contributed by atoms with Crippen LogP contribution in [0.15, 0.2) is 36.1 Å². The van der Waals surface area contributed by atoms with Crippen LogP contribution in [0.1, 0.15) is 30.6 Å². The third kappa shape index (κ3) is 2.87. The summed E-state index contributed by atoms with van der Waals surface area (Å²) < 4.78 is 10.8. The molecule has 0 aromatic heterocycles. The molecule has 1 aromatic carbocycles. The first-order valence-electron chi connectivity index (χ1n) is 5.81. The molecule has 17 heavy (non-hydrogen) atoms. The van der Waals surface area contributed by atoms with E-state index in [9.17, 15) is 4.79 Å². The van der Waals surface area contributed by atoms with Gasteiger partial charge in [-0.1, -0.05) is 12.1 Å². The van der Waals surface area contributed by atoms with Crippen LogP contribution in [-0.2, 0) is 4.74 Å². The number of hydrogen-bond acceptors (Lipinski definition) is 3. The van der Waals surface area contributed by atoms with Crippen LogP contribution in [0.4, 0.5) is 0 Å². The van der Waals surface area contributed by atoms with Crippen molar-refractivity contribution in [3.63, 3.8) is 0 Å². The maximum atomic E-state index is 12.0. The Bertz CT molecular complexity index is 447. The van der Waals surface area contributed by atoms with Crippen LogP contribution in [0, 0.1) is 0 Å². The zero-order valence-electron chi connectivity index (χ0n) is 10.1. The van der Waals surface area contributed by atoms with Gasteiger partial charge in [-0.25, -0.2) is 0 Å². The molecule has 0 atom stereocenters. The van der Waals surface area contributed by atoms with Crippen molar-refractivity contribution in [2.75, 3.05) is 6.61 Å². The summed E-state index contributed by atoms with van der Waals surface area (Å²) in [5, 5.41) is 0. The minimum Gasteiger partial charge on any atom is -0.491 e. The predicted octanol–water partition coefficient (Wildman–Crippen LogP) is 2.96. The van der Waals surface area contributed by atoms with Crippen molar-refractivity contribution in [3.8, 4) is 5.75 Å². The van der Waals surface area contributed by atoms with Crippen LogP contribution < -0.4 is 4.74 Å². The molecule has 0 fully saturated rings. The number of benzene rings is 1. The van der Waals surface area contributed by atoms with E-state index in [1.165, 1.54) is 0 Å². The van der Waals surface area contributed by atoms with Gasteiger partial charge in [0.1, 0.15) is 5.75 Å². The fourth-order valence-corrected chi connectivity index (χ4v) is 1.70. The second-order valence-corrected chi connectivity index (χ2v) is 4.23. The number of hydrogen-bond donors (Lipinski definition) is 0. The number of allylic oxidation sites excluding steroid dienone is 1. The molecule has 3 heteroatoms. The number of rotatable bonds is 4. The smallest absolute Gasteiger partial charge is 0.227 e. The van der Waals surface area contributed by atoms with Gasteiger partial charge in [-0.2, -0.15) is 0 Å². The Morgan fingerprint density at radius 2 is 2.24 bits per heavy atom. The van der Waals surface area contributed by atoms with Crippen molar-refractivity contribution >= 4 is 5.78 Å². The molecule has 0 spiro atoms. The second kappa shape index (κ2) is 5.04. The minimum absolute atomic E-state index is 0.0725. The molecule has 90 valence electrons. The van der Waals surface area contributed by atoms with Gasteiger partial charge in [0, 0.05) is 12.0 Å². The molecule has 1 heterocycles. The van der Waals surface area contributed by atoms with E-state index >= 15 is 0 Å². The lowest BCUT2D eigenvalue weighted by Gasteiger charge is -2.10. The molecular formula is C14H16O3. The number of ketones is 1. The molecular weight excluding hydrogens is 216 g/mol. The first-order chi connectivity index (χ1) is 8.16. The van der Waals surface area contributed by atoms with E-state index in [0.29, 0.717) is 23.7 Å². The van der Waals surface area contributed by atoms with Gasteiger partial charge < -0.3 is 9.47 Å². The summed E-state index contributed by atoms with van der Waals surface area (Å²) in [5.41, 5.74) is 0.608. The van der Waals surface area contributed by atoms with Crippen LogP contribution >= 0.6 is 0 Å². The maximum absolute atomic E-state index is 12.0. The van der Waals surface area contributed by atoms with Crippen LogP contribution in [0.2, 0.25) is 0 Å². The third-order valence-electron chi connectivity index (χ3n) is 2.40. The summed E-state index contributed by atoms with van der Waals surface area (Å²) >= 11 is 0. The fourth-order valence-electron chi connectivity index (χ4n) is 1.70. The van der Waals surface area contributed by atoms with Crippen LogP contribution in [0.25, 0.3) is 0 Å². The van der Waals surface area contributed by atoms with E-state index in [2.05, 4.69) is 0 Å². The Kier molecular flexibility index (Phi) is 3.47. The zero-order chi connectivity index (χ0) is 12.3. The molecule has 0 amide bonds. The van der Waals surface area contributed by atoms with E-state index in [4.69, 9.17) is 9.47 Å². The molecule has 0 saturated heterocycles. The van der Waals surface area contributed by atoms with Gasteiger partial charge in [0.25, 0.3) is 0 Å². The summed E-state index contributed by atoms with van der Waals surface area (Å²) in [6.07, 6.45) is 2.74. The fraction of sp³-hybridized carbons (Fsp3) is 0.357. The number of Topliss-reactive ketones (excluding diaryl/α,β-unsaturated/α-hetero) is 1. The Labute approximate surface area is 101 Å². The van der Waals surface area contributed by atoms with Gasteiger partial charge in [-0.05, 0) is 32.1 Å². The number of ether oxygens (including phenoxy) is 2. The third-order valence-corrected chi connectivity index (χ3v) is 2.40. The topological polar surface area (TPSA) is 35.5 Å². The monoisotopic (exact) mass is 232 g/mol. The average molecular weight is 232 g/mol. The highest BCUT2D eigenvalue weighted by Gasteiger charge is 2.17. The molecule has 0 unspecified atom stereocenters. The molecule has 1 aliphatic heterocycles. The predicted molar refractivity (Wildman–Crippen MR) is 65.2 cm³/mol. The lowest BCUT2D eigenvalue weighted by molar-refractivity contribution is 0.0941. The molecule has 0 radical (unpaired) electrons. The van der Waals surface area contributed by atoms with Crippen LogP contribution in [-0.4, -0.2) is 18.5 Å². The van der Waals surface area contributed by atoms with E-state index in [-0.39, 0.29) is 11.9 Å². The van der Waals surface area contributed by atoms with Gasteiger partial charge >= 0.3 is 0 Å². The second-order valence-electron chi connectivity index (χ2n) is 4.23. The summed E-state index contributed by atoms with van der Waals surface area (Å²) in [7, 11) is 0. The van der Waals surface area contributed by atoms with Crippen molar-refractivity contribution in [1.82, 2.24) is 0 Å². The zero-order valence-corrected chi connectivity index (χ0v) is 10.1.